The van der Waals surface area contributed by atoms with Crippen LogP contribution in [0.15, 0.2) is 0 Å². The van der Waals surface area contributed by atoms with E-state index < -0.39 is 0 Å². The van der Waals surface area contributed by atoms with Gasteiger partial charge in [0.25, 0.3) is 0 Å². The average molecular weight is 227 g/mol. The van der Waals surface area contributed by atoms with E-state index in [4.69, 9.17) is 15.8 Å². The van der Waals surface area contributed by atoms with Crippen molar-refractivity contribution in [2.75, 3.05) is 13.1 Å². The smallest absolute Gasteiger partial charge is 0.410 e. The lowest BCUT2D eigenvalue weighted by Gasteiger charge is -2.29. The van der Waals surface area contributed by atoms with Crippen LogP contribution >= 0.6 is 0 Å². The third-order valence-electron chi connectivity index (χ3n) is 2.01. The van der Waals surface area contributed by atoms with Gasteiger partial charge in [-0.1, -0.05) is 0 Å². The maximum Gasteiger partial charge on any atom is 0.410 e. The molecular formula is C10H19N4O2-. The average Bonchev–Trinajstić information content (AvgIpc) is 2.18. The number of carbonyl (C=O) groups excluding carboxylic acids is 1. The Bertz CT molecular complexity index is 248. The summed E-state index contributed by atoms with van der Waals surface area (Å²) in [7, 11) is 0. The Morgan fingerprint density at radius 3 is 2.00 bits per heavy atom. The second kappa shape index (κ2) is 6.95. The van der Waals surface area contributed by atoms with Gasteiger partial charge in [-0.25, -0.2) is 4.79 Å². The van der Waals surface area contributed by atoms with Crippen molar-refractivity contribution in [3.8, 4) is 0 Å². The molecule has 1 fully saturated rings. The molecule has 6 heteroatoms. The standard InChI is InChI=1S/C10H19NO2.N3/c1-10(2,3)13-9(12)11-7-5-4-6-8-11;1-3-2/h4-8H2,1-3H3;/q;-1. The van der Waals surface area contributed by atoms with Gasteiger partial charge < -0.3 is 20.7 Å². The molecule has 1 aliphatic rings. The van der Waals surface area contributed by atoms with Crippen molar-refractivity contribution in [2.45, 2.75) is 45.6 Å². The van der Waals surface area contributed by atoms with Gasteiger partial charge in [-0.2, -0.15) is 0 Å². The van der Waals surface area contributed by atoms with Crippen molar-refractivity contribution in [2.24, 2.45) is 0 Å². The Labute approximate surface area is 96.0 Å². The monoisotopic (exact) mass is 227 g/mol. The van der Waals surface area contributed by atoms with Crippen LogP contribution in [0.4, 0.5) is 4.79 Å². The van der Waals surface area contributed by atoms with Crippen LogP contribution in [0.2, 0.25) is 0 Å². The Hall–Kier alpha value is -1.42. The molecule has 1 amide bonds. The van der Waals surface area contributed by atoms with Crippen LogP contribution in [0.25, 0.3) is 16.0 Å². The fourth-order valence-electron chi connectivity index (χ4n) is 1.40. The molecule has 0 aromatic rings. The minimum absolute atomic E-state index is 0.160. The van der Waals surface area contributed by atoms with Crippen LogP contribution in [0.5, 0.6) is 0 Å². The van der Waals surface area contributed by atoms with Crippen molar-refractivity contribution >= 4 is 6.09 Å². The summed E-state index contributed by atoms with van der Waals surface area (Å²) in [6.07, 6.45) is 3.30. The summed E-state index contributed by atoms with van der Waals surface area (Å²) in [4.78, 5) is 14.8. The third-order valence-corrected chi connectivity index (χ3v) is 2.01. The van der Waals surface area contributed by atoms with Crippen LogP contribution in [-0.4, -0.2) is 29.7 Å². The highest BCUT2D eigenvalue weighted by molar-refractivity contribution is 5.68. The third kappa shape index (κ3) is 6.95. The number of amides is 1. The van der Waals surface area contributed by atoms with Gasteiger partial charge in [0.2, 0.25) is 0 Å². The molecule has 92 valence electrons. The van der Waals surface area contributed by atoms with E-state index in [0.29, 0.717) is 0 Å². The molecule has 0 aromatic carbocycles. The molecule has 6 nitrogen and oxygen atoms in total. The zero-order chi connectivity index (χ0) is 12.6. The van der Waals surface area contributed by atoms with Gasteiger partial charge >= 0.3 is 6.09 Å². The van der Waals surface area contributed by atoms with E-state index in [1.54, 1.807) is 4.90 Å². The fraction of sp³-hybridized carbons (Fsp3) is 0.900. The molecule has 1 heterocycles. The number of nitrogens with zero attached hydrogens (tertiary/aromatic N) is 4. The zero-order valence-corrected chi connectivity index (χ0v) is 10.1. The Balaban J connectivity index is 0.000000673. The molecule has 1 saturated heterocycles. The highest BCUT2D eigenvalue weighted by Gasteiger charge is 2.22. The summed E-state index contributed by atoms with van der Waals surface area (Å²) < 4.78 is 5.26. The molecule has 0 radical (unpaired) electrons. The lowest BCUT2D eigenvalue weighted by Crippen LogP contribution is -2.39. The maximum absolute atomic E-state index is 11.5. The van der Waals surface area contributed by atoms with Crippen LogP contribution in [0.1, 0.15) is 40.0 Å². The van der Waals surface area contributed by atoms with E-state index in [0.717, 1.165) is 25.9 Å². The molecule has 0 aliphatic carbocycles. The highest BCUT2D eigenvalue weighted by atomic mass is 16.6. The minimum atomic E-state index is -0.367. The first-order chi connectivity index (χ1) is 7.40. The SMILES string of the molecule is CC(C)(C)OC(=O)N1CCCCC1.[N-]=[N+]=[N-]. The van der Waals surface area contributed by atoms with Gasteiger partial charge in [0, 0.05) is 13.1 Å². The Morgan fingerprint density at radius 1 is 1.19 bits per heavy atom. The van der Waals surface area contributed by atoms with Crippen molar-refractivity contribution < 1.29 is 9.53 Å². The molecule has 1 rings (SSSR count). The van der Waals surface area contributed by atoms with Crippen molar-refractivity contribution in [1.82, 2.24) is 4.90 Å². The predicted octanol–water partition coefficient (Wildman–Crippen LogP) is 3.27. The molecule has 1 aliphatic heterocycles. The summed E-state index contributed by atoms with van der Waals surface area (Å²) in [5.41, 5.74) is 13.1. The molecular weight excluding hydrogens is 208 g/mol. The van der Waals surface area contributed by atoms with Gasteiger partial charge in [-0.3, -0.25) is 4.91 Å². The summed E-state index contributed by atoms with van der Waals surface area (Å²) >= 11 is 0. The molecule has 0 saturated carbocycles. The van der Waals surface area contributed by atoms with Gasteiger partial charge in [0.15, 0.2) is 0 Å². The second-order valence-corrected chi connectivity index (χ2v) is 4.62. The predicted molar refractivity (Wildman–Crippen MR) is 61.7 cm³/mol. The molecule has 0 spiro atoms. The van der Waals surface area contributed by atoms with Gasteiger partial charge in [-0.15, -0.1) is 0 Å². The van der Waals surface area contributed by atoms with Gasteiger partial charge in [0.05, 0.1) is 0 Å². The van der Waals surface area contributed by atoms with Gasteiger partial charge in [0.1, 0.15) is 5.60 Å². The van der Waals surface area contributed by atoms with E-state index in [1.165, 1.54) is 11.3 Å². The maximum atomic E-state index is 11.5. The first kappa shape index (κ1) is 14.6. The van der Waals surface area contributed by atoms with E-state index in [2.05, 4.69) is 0 Å². The fourth-order valence-corrected chi connectivity index (χ4v) is 1.40. The van der Waals surface area contributed by atoms with Crippen LogP contribution < -0.4 is 0 Å². The van der Waals surface area contributed by atoms with Crippen LogP contribution in [0.3, 0.4) is 0 Å². The summed E-state index contributed by atoms with van der Waals surface area (Å²) in [6.45, 7) is 7.41. The first-order valence-corrected chi connectivity index (χ1v) is 5.37. The molecule has 0 atom stereocenters. The lowest BCUT2D eigenvalue weighted by molar-refractivity contribution is 0.0216. The zero-order valence-electron chi connectivity index (χ0n) is 10.1. The van der Waals surface area contributed by atoms with Crippen molar-refractivity contribution in [3.05, 3.63) is 16.0 Å². The first-order valence-electron chi connectivity index (χ1n) is 5.37. The van der Waals surface area contributed by atoms with Crippen molar-refractivity contribution in [3.63, 3.8) is 0 Å². The Morgan fingerprint density at radius 2 is 1.62 bits per heavy atom. The molecule has 16 heavy (non-hydrogen) atoms. The topological polar surface area (TPSA) is 88.2 Å². The van der Waals surface area contributed by atoms with Crippen LogP contribution in [0, 0.1) is 0 Å². The van der Waals surface area contributed by atoms with Crippen molar-refractivity contribution in [1.29, 1.82) is 0 Å². The number of piperidine rings is 1. The molecule has 0 unspecified atom stereocenters. The number of likely N-dealkylation sites (tertiary alicyclic amines) is 1. The quantitative estimate of drug-likeness (QED) is 0.361. The summed E-state index contributed by atoms with van der Waals surface area (Å²) in [5.74, 6) is 0. The van der Waals surface area contributed by atoms with E-state index >= 15 is 0 Å². The molecule has 0 N–H and O–H groups in total. The number of carbonyl (C=O) groups is 1. The van der Waals surface area contributed by atoms with E-state index in [-0.39, 0.29) is 11.7 Å². The number of ether oxygens (including phenoxy) is 1. The second-order valence-electron chi connectivity index (χ2n) is 4.62. The van der Waals surface area contributed by atoms with Crippen LogP contribution in [-0.2, 0) is 4.74 Å². The number of rotatable bonds is 0. The largest absolute Gasteiger partial charge is 0.444 e. The minimum Gasteiger partial charge on any atom is -0.444 e. The summed E-state index contributed by atoms with van der Waals surface area (Å²) in [6, 6.07) is 0. The number of hydrogen-bond acceptors (Lipinski definition) is 2. The van der Waals surface area contributed by atoms with E-state index in [9.17, 15) is 4.79 Å². The lowest BCUT2D eigenvalue weighted by atomic mass is 10.1. The van der Waals surface area contributed by atoms with Gasteiger partial charge in [-0.05, 0) is 40.0 Å². The Kier molecular flexibility index (Phi) is 6.34. The van der Waals surface area contributed by atoms with E-state index in [1.807, 2.05) is 20.8 Å². The number of hydrogen-bond donors (Lipinski definition) is 0. The highest BCUT2D eigenvalue weighted by Crippen LogP contribution is 2.14. The normalized spacial score (nSPS) is 15.6. The molecule has 0 bridgehead atoms. The summed E-state index contributed by atoms with van der Waals surface area (Å²) in [5, 5.41) is 0. The molecule has 0 aromatic heterocycles.